The molecule has 1 heterocycles. The number of nitrogens with zero attached hydrogens (tertiary/aromatic N) is 3. The van der Waals surface area contributed by atoms with Gasteiger partial charge in [0.2, 0.25) is 5.89 Å². The molecule has 1 aliphatic carbocycles. The lowest BCUT2D eigenvalue weighted by Crippen LogP contribution is -2.15. The molecule has 2 aromatic rings. The summed E-state index contributed by atoms with van der Waals surface area (Å²) in [4.78, 5) is 10.3. The monoisotopic (exact) mass is 290 g/mol. The fraction of sp³-hybridized carbons (Fsp3) is 0.385. The maximum absolute atomic E-state index is 10.8. The number of non-ortho nitro benzene ring substituents is 1. The molecule has 1 saturated carbocycles. The van der Waals surface area contributed by atoms with Crippen molar-refractivity contribution >= 4 is 5.69 Å². The van der Waals surface area contributed by atoms with Crippen LogP contribution < -0.4 is 10.1 Å². The first kappa shape index (κ1) is 13.5. The summed E-state index contributed by atoms with van der Waals surface area (Å²) < 4.78 is 10.7. The van der Waals surface area contributed by atoms with Crippen molar-refractivity contribution in [3.63, 3.8) is 0 Å². The molecule has 0 atom stereocenters. The minimum Gasteiger partial charge on any atom is -0.496 e. The second kappa shape index (κ2) is 5.49. The summed E-state index contributed by atoms with van der Waals surface area (Å²) >= 11 is 0. The van der Waals surface area contributed by atoms with Crippen molar-refractivity contribution in [3.05, 3.63) is 34.2 Å². The summed E-state index contributed by atoms with van der Waals surface area (Å²) in [5.41, 5.74) is 0.485. The van der Waals surface area contributed by atoms with Crippen LogP contribution in [0.4, 0.5) is 5.69 Å². The molecule has 8 nitrogen and oxygen atoms in total. The van der Waals surface area contributed by atoms with Crippen molar-refractivity contribution in [2.24, 2.45) is 0 Å². The van der Waals surface area contributed by atoms with Crippen LogP contribution in [0.2, 0.25) is 0 Å². The van der Waals surface area contributed by atoms with E-state index >= 15 is 0 Å². The Morgan fingerprint density at radius 3 is 2.95 bits per heavy atom. The van der Waals surface area contributed by atoms with Crippen molar-refractivity contribution < 1.29 is 14.1 Å². The lowest BCUT2D eigenvalue weighted by molar-refractivity contribution is -0.384. The van der Waals surface area contributed by atoms with Gasteiger partial charge in [-0.2, -0.15) is 0 Å². The van der Waals surface area contributed by atoms with E-state index in [0.717, 1.165) is 0 Å². The van der Waals surface area contributed by atoms with E-state index < -0.39 is 4.92 Å². The molecule has 0 radical (unpaired) electrons. The van der Waals surface area contributed by atoms with Gasteiger partial charge in [0.05, 0.1) is 30.2 Å². The maximum atomic E-state index is 10.8. The molecule has 0 amide bonds. The van der Waals surface area contributed by atoms with Gasteiger partial charge in [-0.05, 0) is 18.9 Å². The van der Waals surface area contributed by atoms with E-state index in [-0.39, 0.29) is 11.6 Å². The van der Waals surface area contributed by atoms with E-state index in [0.29, 0.717) is 29.8 Å². The van der Waals surface area contributed by atoms with Crippen LogP contribution in [0.3, 0.4) is 0 Å². The third-order valence-electron chi connectivity index (χ3n) is 3.21. The molecule has 1 aliphatic rings. The van der Waals surface area contributed by atoms with Crippen LogP contribution in [0.15, 0.2) is 22.6 Å². The van der Waals surface area contributed by atoms with Crippen LogP contribution in [-0.4, -0.2) is 28.3 Å². The van der Waals surface area contributed by atoms with Crippen molar-refractivity contribution in [2.45, 2.75) is 25.4 Å². The molecule has 21 heavy (non-hydrogen) atoms. The molecule has 0 saturated heterocycles. The van der Waals surface area contributed by atoms with Crippen molar-refractivity contribution in [1.29, 1.82) is 0 Å². The summed E-state index contributed by atoms with van der Waals surface area (Å²) in [6.07, 6.45) is 2.36. The molecule has 1 aromatic carbocycles. The Balaban J connectivity index is 1.83. The Morgan fingerprint density at radius 2 is 2.29 bits per heavy atom. The molecule has 1 fully saturated rings. The second-order valence-electron chi connectivity index (χ2n) is 4.80. The zero-order chi connectivity index (χ0) is 14.8. The summed E-state index contributed by atoms with van der Waals surface area (Å²) in [6.45, 7) is 0.521. The van der Waals surface area contributed by atoms with Gasteiger partial charge in [0.15, 0.2) is 0 Å². The molecular weight excluding hydrogens is 276 g/mol. The Morgan fingerprint density at radius 1 is 1.48 bits per heavy atom. The maximum Gasteiger partial charge on any atom is 0.273 e. The van der Waals surface area contributed by atoms with Gasteiger partial charge in [0.25, 0.3) is 11.6 Å². The molecule has 0 spiro atoms. The van der Waals surface area contributed by atoms with Gasteiger partial charge in [-0.1, -0.05) is 0 Å². The predicted octanol–water partition coefficient (Wildman–Crippen LogP) is 1.91. The zero-order valence-corrected chi connectivity index (χ0v) is 11.4. The van der Waals surface area contributed by atoms with Gasteiger partial charge < -0.3 is 14.5 Å². The third kappa shape index (κ3) is 3.00. The van der Waals surface area contributed by atoms with E-state index in [9.17, 15) is 10.1 Å². The molecule has 110 valence electrons. The van der Waals surface area contributed by atoms with Crippen LogP contribution in [0.25, 0.3) is 11.5 Å². The van der Waals surface area contributed by atoms with E-state index in [1.54, 1.807) is 6.07 Å². The Hall–Kier alpha value is -2.48. The summed E-state index contributed by atoms with van der Waals surface area (Å²) in [7, 11) is 1.44. The SMILES string of the molecule is COc1cc([N+](=O)[O-])ccc1-c1nnc(CNC2CC2)o1. The highest BCUT2D eigenvalue weighted by molar-refractivity contribution is 5.65. The lowest BCUT2D eigenvalue weighted by Gasteiger charge is -2.04. The number of nitro benzene ring substituents is 1. The van der Waals surface area contributed by atoms with Gasteiger partial charge >= 0.3 is 0 Å². The molecular formula is C13H14N4O4. The second-order valence-corrected chi connectivity index (χ2v) is 4.80. The first-order valence-corrected chi connectivity index (χ1v) is 6.56. The smallest absolute Gasteiger partial charge is 0.273 e. The first-order chi connectivity index (χ1) is 10.2. The van der Waals surface area contributed by atoms with E-state index in [1.807, 2.05) is 0 Å². The standard InChI is InChI=1S/C13H14N4O4/c1-20-11-6-9(17(18)19)4-5-10(11)13-16-15-12(21-13)7-14-8-2-3-8/h4-6,8,14H,2-3,7H2,1H3. The normalized spacial score (nSPS) is 14.1. The van der Waals surface area contributed by atoms with Crippen LogP contribution in [-0.2, 0) is 6.54 Å². The Bertz CT molecular complexity index is 666. The molecule has 0 aliphatic heterocycles. The number of hydrogen-bond acceptors (Lipinski definition) is 7. The number of ether oxygens (including phenoxy) is 1. The minimum absolute atomic E-state index is 0.0502. The van der Waals surface area contributed by atoms with E-state index in [2.05, 4.69) is 15.5 Å². The number of benzene rings is 1. The van der Waals surface area contributed by atoms with E-state index in [4.69, 9.17) is 9.15 Å². The number of hydrogen-bond donors (Lipinski definition) is 1. The quantitative estimate of drug-likeness (QED) is 0.640. The molecule has 0 unspecified atom stereocenters. The number of rotatable bonds is 6. The fourth-order valence-corrected chi connectivity index (χ4v) is 1.92. The van der Waals surface area contributed by atoms with Gasteiger partial charge in [0, 0.05) is 12.1 Å². The molecule has 3 rings (SSSR count). The molecule has 1 N–H and O–H groups in total. The Labute approximate surface area is 120 Å². The van der Waals surface area contributed by atoms with Crippen molar-refractivity contribution in [3.8, 4) is 17.2 Å². The molecule has 8 heteroatoms. The number of aromatic nitrogens is 2. The van der Waals surface area contributed by atoms with Crippen LogP contribution in [0.1, 0.15) is 18.7 Å². The molecule has 1 aromatic heterocycles. The first-order valence-electron chi connectivity index (χ1n) is 6.56. The average molecular weight is 290 g/mol. The van der Waals surface area contributed by atoms with Crippen LogP contribution in [0, 0.1) is 10.1 Å². The highest BCUT2D eigenvalue weighted by Crippen LogP contribution is 2.32. The summed E-state index contributed by atoms with van der Waals surface area (Å²) in [5, 5.41) is 22.0. The van der Waals surface area contributed by atoms with Gasteiger partial charge in [0.1, 0.15) is 5.75 Å². The summed E-state index contributed by atoms with van der Waals surface area (Å²) in [5.74, 6) is 1.10. The summed E-state index contributed by atoms with van der Waals surface area (Å²) in [6, 6.07) is 4.81. The van der Waals surface area contributed by atoms with Crippen molar-refractivity contribution in [1.82, 2.24) is 15.5 Å². The highest BCUT2D eigenvalue weighted by atomic mass is 16.6. The zero-order valence-electron chi connectivity index (χ0n) is 11.4. The average Bonchev–Trinajstić information content (AvgIpc) is 3.21. The van der Waals surface area contributed by atoms with Crippen molar-refractivity contribution in [2.75, 3.05) is 7.11 Å². The van der Waals surface area contributed by atoms with Gasteiger partial charge in [-0.25, -0.2) is 0 Å². The van der Waals surface area contributed by atoms with Gasteiger partial charge in [-0.3, -0.25) is 10.1 Å². The minimum atomic E-state index is -0.481. The third-order valence-corrected chi connectivity index (χ3v) is 3.21. The Kier molecular flexibility index (Phi) is 3.53. The van der Waals surface area contributed by atoms with E-state index in [1.165, 1.54) is 32.1 Å². The highest BCUT2D eigenvalue weighted by Gasteiger charge is 2.22. The lowest BCUT2D eigenvalue weighted by atomic mass is 10.2. The predicted molar refractivity (Wildman–Crippen MR) is 72.8 cm³/mol. The number of methoxy groups -OCH3 is 1. The molecule has 0 bridgehead atoms. The van der Waals surface area contributed by atoms with Gasteiger partial charge in [-0.15, -0.1) is 10.2 Å². The largest absolute Gasteiger partial charge is 0.496 e. The number of nitrogens with one attached hydrogen (secondary N) is 1. The van der Waals surface area contributed by atoms with Crippen LogP contribution in [0.5, 0.6) is 5.75 Å². The fourth-order valence-electron chi connectivity index (χ4n) is 1.92. The topological polar surface area (TPSA) is 103 Å². The van der Waals surface area contributed by atoms with Crippen LogP contribution >= 0.6 is 0 Å². The number of nitro groups is 1.